The first-order chi connectivity index (χ1) is 13.6. The maximum absolute atomic E-state index is 13.3. The third kappa shape index (κ3) is 4.56. The zero-order valence-electron chi connectivity index (χ0n) is 15.6. The summed E-state index contributed by atoms with van der Waals surface area (Å²) in [5, 5.41) is 3.88. The molecule has 0 spiro atoms. The van der Waals surface area contributed by atoms with Gasteiger partial charge in [-0.15, -0.1) is 0 Å². The van der Waals surface area contributed by atoms with Crippen molar-refractivity contribution in [3.63, 3.8) is 0 Å². The molecule has 2 fully saturated rings. The lowest BCUT2D eigenvalue weighted by Gasteiger charge is -2.34. The molecule has 0 radical (unpaired) electrons. The topological polar surface area (TPSA) is 58.8 Å². The van der Waals surface area contributed by atoms with E-state index >= 15 is 0 Å². The zero-order valence-corrected chi connectivity index (χ0v) is 15.6. The van der Waals surface area contributed by atoms with Crippen LogP contribution in [0.5, 0.6) is 0 Å². The van der Waals surface area contributed by atoms with Crippen molar-refractivity contribution in [3.05, 3.63) is 41.7 Å². The number of hydrogen-bond donors (Lipinski definition) is 0. The number of nitrogens with zero attached hydrogens (tertiary/aromatic N) is 3. The number of rotatable bonds is 7. The van der Waals surface area contributed by atoms with Crippen molar-refractivity contribution in [2.75, 3.05) is 39.3 Å². The second-order valence-electron chi connectivity index (χ2n) is 7.30. The molecule has 0 bridgehead atoms. The van der Waals surface area contributed by atoms with Gasteiger partial charge in [0.2, 0.25) is 5.91 Å². The van der Waals surface area contributed by atoms with E-state index in [1.54, 1.807) is 6.07 Å². The van der Waals surface area contributed by atoms with Crippen LogP contribution in [0, 0.1) is 17.6 Å². The van der Waals surface area contributed by atoms with Crippen LogP contribution in [-0.4, -0.2) is 60.2 Å². The number of amides is 1. The molecule has 1 aliphatic carbocycles. The number of halogens is 2. The van der Waals surface area contributed by atoms with Gasteiger partial charge in [0.15, 0.2) is 17.4 Å². The first-order valence-corrected chi connectivity index (χ1v) is 9.60. The highest BCUT2D eigenvalue weighted by molar-refractivity contribution is 5.81. The SMILES string of the molecule is O=C(C1CC1)N1CCN(CCOCc2cc(-c3ccc(F)c(F)c3)no2)CC1. The smallest absolute Gasteiger partial charge is 0.225 e. The van der Waals surface area contributed by atoms with Gasteiger partial charge in [0.1, 0.15) is 12.3 Å². The van der Waals surface area contributed by atoms with E-state index in [9.17, 15) is 13.6 Å². The van der Waals surface area contributed by atoms with E-state index in [0.29, 0.717) is 29.5 Å². The van der Waals surface area contributed by atoms with Gasteiger partial charge in [-0.05, 0) is 31.0 Å². The summed E-state index contributed by atoms with van der Waals surface area (Å²) in [4.78, 5) is 16.3. The molecule has 1 amide bonds. The molecular formula is C20H23F2N3O3. The fourth-order valence-electron chi connectivity index (χ4n) is 3.32. The molecule has 8 heteroatoms. The Morgan fingerprint density at radius 1 is 1.14 bits per heavy atom. The van der Waals surface area contributed by atoms with Gasteiger partial charge in [-0.25, -0.2) is 8.78 Å². The molecule has 1 saturated carbocycles. The van der Waals surface area contributed by atoms with Gasteiger partial charge < -0.3 is 14.2 Å². The second kappa shape index (κ2) is 8.36. The van der Waals surface area contributed by atoms with E-state index in [0.717, 1.165) is 57.7 Å². The van der Waals surface area contributed by atoms with Crippen molar-refractivity contribution in [3.8, 4) is 11.3 Å². The van der Waals surface area contributed by atoms with Crippen molar-refractivity contribution in [1.82, 2.24) is 15.0 Å². The normalized spacial score (nSPS) is 17.9. The van der Waals surface area contributed by atoms with E-state index in [1.807, 2.05) is 4.90 Å². The Hall–Kier alpha value is -2.32. The first kappa shape index (κ1) is 19.0. The van der Waals surface area contributed by atoms with Crippen LogP contribution in [0.4, 0.5) is 8.78 Å². The van der Waals surface area contributed by atoms with Crippen molar-refractivity contribution < 1.29 is 22.8 Å². The standard InChI is InChI=1S/C20H23F2N3O3/c21-17-4-3-15(11-18(17)22)19-12-16(28-23-19)13-27-10-9-24-5-7-25(8-6-24)20(26)14-1-2-14/h3-4,11-12,14H,1-2,5-10,13H2. The number of hydrogen-bond acceptors (Lipinski definition) is 5. The van der Waals surface area contributed by atoms with Crippen LogP contribution in [0.3, 0.4) is 0 Å². The third-order valence-electron chi connectivity index (χ3n) is 5.18. The van der Waals surface area contributed by atoms with Gasteiger partial charge in [0.05, 0.1) is 6.61 Å². The molecule has 2 aromatic rings. The van der Waals surface area contributed by atoms with E-state index in [2.05, 4.69) is 10.1 Å². The molecule has 0 atom stereocenters. The summed E-state index contributed by atoms with van der Waals surface area (Å²) in [5.41, 5.74) is 0.890. The fraction of sp³-hybridized carbons (Fsp3) is 0.500. The average Bonchev–Trinajstić information content (AvgIpc) is 3.45. The van der Waals surface area contributed by atoms with Crippen molar-refractivity contribution in [2.24, 2.45) is 5.92 Å². The Bertz CT molecular complexity index is 830. The number of carbonyl (C=O) groups excluding carboxylic acids is 1. The molecule has 1 saturated heterocycles. The minimum atomic E-state index is -0.919. The van der Waals surface area contributed by atoms with E-state index < -0.39 is 11.6 Å². The summed E-state index contributed by atoms with van der Waals surface area (Å²) in [6.07, 6.45) is 2.10. The first-order valence-electron chi connectivity index (χ1n) is 9.60. The van der Waals surface area contributed by atoms with Gasteiger partial charge >= 0.3 is 0 Å². The van der Waals surface area contributed by atoms with Gasteiger partial charge in [0, 0.05) is 50.3 Å². The maximum Gasteiger partial charge on any atom is 0.225 e. The van der Waals surface area contributed by atoms with Gasteiger partial charge in [-0.3, -0.25) is 9.69 Å². The van der Waals surface area contributed by atoms with E-state index in [1.165, 1.54) is 6.07 Å². The lowest BCUT2D eigenvalue weighted by molar-refractivity contribution is -0.134. The van der Waals surface area contributed by atoms with Crippen LogP contribution in [0.1, 0.15) is 18.6 Å². The van der Waals surface area contributed by atoms with Crippen molar-refractivity contribution in [1.29, 1.82) is 0 Å². The van der Waals surface area contributed by atoms with E-state index in [-0.39, 0.29) is 12.5 Å². The highest BCUT2D eigenvalue weighted by Gasteiger charge is 2.34. The minimum absolute atomic E-state index is 0.261. The van der Waals surface area contributed by atoms with Gasteiger partial charge in [-0.2, -0.15) is 0 Å². The van der Waals surface area contributed by atoms with Crippen molar-refractivity contribution >= 4 is 5.91 Å². The third-order valence-corrected chi connectivity index (χ3v) is 5.18. The molecule has 1 aromatic carbocycles. The monoisotopic (exact) mass is 391 g/mol. The summed E-state index contributed by atoms with van der Waals surface area (Å²) in [7, 11) is 0. The maximum atomic E-state index is 13.3. The molecule has 4 rings (SSSR count). The summed E-state index contributed by atoms with van der Waals surface area (Å²) in [6.45, 7) is 4.89. The molecule has 1 aromatic heterocycles. The number of carbonyl (C=O) groups is 1. The summed E-state index contributed by atoms with van der Waals surface area (Å²) < 4.78 is 37.2. The van der Waals surface area contributed by atoms with Crippen LogP contribution in [-0.2, 0) is 16.1 Å². The minimum Gasteiger partial charge on any atom is -0.372 e. The Kier molecular flexibility index (Phi) is 5.68. The summed E-state index contributed by atoms with van der Waals surface area (Å²) in [6, 6.07) is 5.27. The molecule has 2 aliphatic rings. The Labute approximate surface area is 162 Å². The van der Waals surface area contributed by atoms with Crippen LogP contribution in [0.2, 0.25) is 0 Å². The van der Waals surface area contributed by atoms with Crippen LogP contribution in [0.25, 0.3) is 11.3 Å². The Morgan fingerprint density at radius 3 is 2.64 bits per heavy atom. The quantitative estimate of drug-likeness (QED) is 0.680. The summed E-state index contributed by atoms with van der Waals surface area (Å²) in [5.74, 6) is -0.684. The largest absolute Gasteiger partial charge is 0.372 e. The molecule has 2 heterocycles. The average molecular weight is 391 g/mol. The molecule has 0 unspecified atom stereocenters. The molecule has 1 aliphatic heterocycles. The lowest BCUT2D eigenvalue weighted by Crippen LogP contribution is -2.49. The predicted molar refractivity (Wildman–Crippen MR) is 97.3 cm³/mol. The molecule has 150 valence electrons. The van der Waals surface area contributed by atoms with Crippen LogP contribution in [0.15, 0.2) is 28.8 Å². The molecule has 28 heavy (non-hydrogen) atoms. The van der Waals surface area contributed by atoms with Crippen LogP contribution < -0.4 is 0 Å². The number of benzene rings is 1. The Morgan fingerprint density at radius 2 is 1.93 bits per heavy atom. The number of piperazine rings is 1. The highest BCUT2D eigenvalue weighted by Crippen LogP contribution is 2.31. The fourth-order valence-corrected chi connectivity index (χ4v) is 3.32. The van der Waals surface area contributed by atoms with Crippen LogP contribution >= 0.6 is 0 Å². The number of ether oxygens (including phenoxy) is 1. The lowest BCUT2D eigenvalue weighted by atomic mass is 10.1. The number of aromatic nitrogens is 1. The highest BCUT2D eigenvalue weighted by atomic mass is 19.2. The van der Waals surface area contributed by atoms with Crippen molar-refractivity contribution in [2.45, 2.75) is 19.4 Å². The molecule has 6 nitrogen and oxygen atoms in total. The predicted octanol–water partition coefficient (Wildman–Crippen LogP) is 2.69. The van der Waals surface area contributed by atoms with Gasteiger partial charge in [0.25, 0.3) is 0 Å². The Balaban J connectivity index is 1.17. The second-order valence-corrected chi connectivity index (χ2v) is 7.30. The molecule has 0 N–H and O–H groups in total. The summed E-state index contributed by atoms with van der Waals surface area (Å²) >= 11 is 0. The van der Waals surface area contributed by atoms with Gasteiger partial charge in [-0.1, -0.05) is 5.16 Å². The molecular weight excluding hydrogens is 368 g/mol. The zero-order chi connectivity index (χ0) is 19.5. The van der Waals surface area contributed by atoms with E-state index in [4.69, 9.17) is 9.26 Å².